The molecule has 31 heavy (non-hydrogen) atoms. The fourth-order valence-corrected chi connectivity index (χ4v) is 4.80. The average Bonchev–Trinajstić information content (AvgIpc) is 3.31. The lowest BCUT2D eigenvalue weighted by Crippen LogP contribution is -2.30. The molecule has 1 saturated heterocycles. The first-order valence-electron chi connectivity index (χ1n) is 10.6. The third kappa shape index (κ3) is 5.68. The highest BCUT2D eigenvalue weighted by Gasteiger charge is 2.41. The standard InChI is InChI=1S/C18H20ClN5O2S.2C2H6/c1-9-4-3-5-11(6-9)7-20-15-12-16(23-18(19)22-15)24(8-21-12)17-14(26)13(25)10(2)27-17;2*1-2/h3-6,8,10,13-14,17,25-26H,7H2,1-2H3,(H,20,22,23);2*1-2H3. The smallest absolute Gasteiger partial charge is 0.226 e. The number of imidazole rings is 1. The van der Waals surface area contributed by atoms with Gasteiger partial charge in [-0.15, -0.1) is 11.8 Å². The number of nitrogens with zero attached hydrogens (tertiary/aromatic N) is 4. The van der Waals surface area contributed by atoms with E-state index in [0.29, 0.717) is 23.5 Å². The molecular formula is C22H32ClN5O2S. The Morgan fingerprint density at radius 2 is 1.84 bits per heavy atom. The van der Waals surface area contributed by atoms with Crippen LogP contribution < -0.4 is 5.32 Å². The fraction of sp³-hybridized carbons (Fsp3) is 0.500. The second-order valence-electron chi connectivity index (χ2n) is 6.72. The molecular weight excluding hydrogens is 434 g/mol. The zero-order valence-electron chi connectivity index (χ0n) is 18.9. The second-order valence-corrected chi connectivity index (χ2v) is 8.56. The van der Waals surface area contributed by atoms with Crippen molar-refractivity contribution in [2.24, 2.45) is 0 Å². The molecule has 170 valence electrons. The predicted molar refractivity (Wildman–Crippen MR) is 130 cm³/mol. The average molecular weight is 466 g/mol. The van der Waals surface area contributed by atoms with Crippen molar-refractivity contribution in [2.45, 2.75) is 70.9 Å². The summed E-state index contributed by atoms with van der Waals surface area (Å²) < 4.78 is 1.75. The first kappa shape index (κ1) is 25.4. The number of anilines is 1. The maximum absolute atomic E-state index is 10.4. The number of halogens is 1. The van der Waals surface area contributed by atoms with Crippen LogP contribution in [0.1, 0.15) is 51.1 Å². The van der Waals surface area contributed by atoms with Gasteiger partial charge in [0, 0.05) is 11.8 Å². The van der Waals surface area contributed by atoms with Crippen LogP contribution in [-0.4, -0.2) is 47.2 Å². The minimum absolute atomic E-state index is 0.0846. The van der Waals surface area contributed by atoms with Crippen LogP contribution in [0.5, 0.6) is 0 Å². The van der Waals surface area contributed by atoms with Gasteiger partial charge in [0.05, 0.1) is 12.4 Å². The van der Waals surface area contributed by atoms with Crippen molar-refractivity contribution in [3.63, 3.8) is 0 Å². The number of fused-ring (bicyclic) bond motifs is 1. The third-order valence-corrected chi connectivity index (χ3v) is 6.35. The molecule has 4 rings (SSSR count). The predicted octanol–water partition coefficient (Wildman–Crippen LogP) is 4.81. The van der Waals surface area contributed by atoms with Crippen LogP contribution in [0.25, 0.3) is 11.2 Å². The summed E-state index contributed by atoms with van der Waals surface area (Å²) in [5.41, 5.74) is 3.41. The molecule has 1 aromatic carbocycles. The highest BCUT2D eigenvalue weighted by molar-refractivity contribution is 8.00. The number of aromatic nitrogens is 4. The Morgan fingerprint density at radius 1 is 1.13 bits per heavy atom. The van der Waals surface area contributed by atoms with Gasteiger partial charge in [0.25, 0.3) is 0 Å². The van der Waals surface area contributed by atoms with E-state index in [-0.39, 0.29) is 15.9 Å². The van der Waals surface area contributed by atoms with Crippen molar-refractivity contribution < 1.29 is 10.2 Å². The normalized spacial score (nSPS) is 22.4. The first-order chi connectivity index (χ1) is 14.9. The lowest BCUT2D eigenvalue weighted by molar-refractivity contribution is 0.0206. The molecule has 4 atom stereocenters. The summed E-state index contributed by atoms with van der Waals surface area (Å²) in [5.74, 6) is 0.538. The molecule has 0 amide bonds. The summed E-state index contributed by atoms with van der Waals surface area (Å²) in [5, 5.41) is 23.3. The number of nitrogens with one attached hydrogen (secondary N) is 1. The molecule has 1 fully saturated rings. The summed E-state index contributed by atoms with van der Waals surface area (Å²) in [7, 11) is 0. The number of thioether (sulfide) groups is 1. The minimum Gasteiger partial charge on any atom is -0.389 e. The Hall–Kier alpha value is -1.87. The molecule has 0 spiro atoms. The molecule has 1 aliphatic rings. The molecule has 9 heteroatoms. The summed E-state index contributed by atoms with van der Waals surface area (Å²) >= 11 is 7.61. The zero-order valence-corrected chi connectivity index (χ0v) is 20.4. The van der Waals surface area contributed by atoms with Crippen LogP contribution in [0.2, 0.25) is 5.28 Å². The molecule has 2 aromatic heterocycles. The van der Waals surface area contributed by atoms with Gasteiger partial charge in [0.1, 0.15) is 11.5 Å². The zero-order chi connectivity index (χ0) is 23.1. The van der Waals surface area contributed by atoms with E-state index in [1.54, 1.807) is 10.9 Å². The van der Waals surface area contributed by atoms with Crippen LogP contribution in [0, 0.1) is 6.92 Å². The van der Waals surface area contributed by atoms with E-state index in [9.17, 15) is 10.2 Å². The van der Waals surface area contributed by atoms with Gasteiger partial charge >= 0.3 is 0 Å². The lowest BCUT2D eigenvalue weighted by Gasteiger charge is -2.17. The molecule has 4 unspecified atom stereocenters. The van der Waals surface area contributed by atoms with Crippen molar-refractivity contribution >= 4 is 40.3 Å². The monoisotopic (exact) mass is 465 g/mol. The SMILES string of the molecule is CC.CC.Cc1cccc(CNc2nc(Cl)nc3c2ncn3C2SC(C)C(O)C2O)c1. The number of rotatable bonds is 4. The van der Waals surface area contributed by atoms with Gasteiger partial charge in [-0.25, -0.2) is 4.98 Å². The van der Waals surface area contributed by atoms with Gasteiger partial charge in [-0.3, -0.25) is 4.57 Å². The van der Waals surface area contributed by atoms with Gasteiger partial charge < -0.3 is 15.5 Å². The molecule has 7 nitrogen and oxygen atoms in total. The largest absolute Gasteiger partial charge is 0.389 e. The molecule has 0 radical (unpaired) electrons. The molecule has 3 heterocycles. The maximum atomic E-state index is 10.4. The van der Waals surface area contributed by atoms with Crippen molar-refractivity contribution in [3.05, 3.63) is 47.0 Å². The fourth-order valence-electron chi connectivity index (χ4n) is 3.26. The topological polar surface area (TPSA) is 96.1 Å². The maximum Gasteiger partial charge on any atom is 0.226 e. The number of hydrogen-bond donors (Lipinski definition) is 3. The third-order valence-electron chi connectivity index (χ3n) is 4.69. The van der Waals surface area contributed by atoms with Gasteiger partial charge in [-0.2, -0.15) is 9.97 Å². The summed E-state index contributed by atoms with van der Waals surface area (Å²) in [4.78, 5) is 13.0. The van der Waals surface area contributed by atoms with Gasteiger partial charge in [-0.05, 0) is 24.1 Å². The van der Waals surface area contributed by atoms with Gasteiger partial charge in [0.2, 0.25) is 5.28 Å². The van der Waals surface area contributed by atoms with Crippen LogP contribution in [0.3, 0.4) is 0 Å². The number of aliphatic hydroxyl groups excluding tert-OH is 2. The van der Waals surface area contributed by atoms with E-state index >= 15 is 0 Å². The Bertz CT molecular complexity index is 984. The highest BCUT2D eigenvalue weighted by Crippen LogP contribution is 2.43. The van der Waals surface area contributed by atoms with Gasteiger partial charge in [-0.1, -0.05) is 64.4 Å². The Morgan fingerprint density at radius 3 is 2.45 bits per heavy atom. The van der Waals surface area contributed by atoms with Crippen LogP contribution in [-0.2, 0) is 6.54 Å². The molecule has 0 bridgehead atoms. The van der Waals surface area contributed by atoms with Crippen LogP contribution in [0.4, 0.5) is 5.82 Å². The van der Waals surface area contributed by atoms with E-state index in [0.717, 1.165) is 5.56 Å². The van der Waals surface area contributed by atoms with Crippen LogP contribution in [0.15, 0.2) is 30.6 Å². The highest BCUT2D eigenvalue weighted by atomic mass is 35.5. The number of benzene rings is 1. The summed E-state index contributed by atoms with van der Waals surface area (Å²) in [6, 6.07) is 8.19. The van der Waals surface area contributed by atoms with E-state index in [4.69, 9.17) is 11.6 Å². The van der Waals surface area contributed by atoms with Gasteiger partial charge in [0.15, 0.2) is 17.0 Å². The molecule has 0 aliphatic carbocycles. The Labute approximate surface area is 193 Å². The summed E-state index contributed by atoms with van der Waals surface area (Å²) in [6.07, 6.45) is -0.0902. The van der Waals surface area contributed by atoms with E-state index < -0.39 is 12.2 Å². The number of aliphatic hydroxyl groups is 2. The Balaban J connectivity index is 0.000000807. The van der Waals surface area contributed by atoms with Crippen molar-refractivity contribution in [3.8, 4) is 0 Å². The van der Waals surface area contributed by atoms with E-state index in [1.165, 1.54) is 17.3 Å². The number of aryl methyl sites for hydroxylation is 1. The number of hydrogen-bond acceptors (Lipinski definition) is 7. The van der Waals surface area contributed by atoms with E-state index in [2.05, 4.69) is 26.3 Å². The lowest BCUT2D eigenvalue weighted by atomic mass is 10.1. The van der Waals surface area contributed by atoms with Crippen molar-refractivity contribution in [1.82, 2.24) is 19.5 Å². The van der Waals surface area contributed by atoms with Crippen LogP contribution >= 0.6 is 23.4 Å². The van der Waals surface area contributed by atoms with Crippen molar-refractivity contribution in [2.75, 3.05) is 5.32 Å². The molecule has 3 aromatic rings. The first-order valence-corrected chi connectivity index (χ1v) is 12.0. The molecule has 1 aliphatic heterocycles. The quantitative estimate of drug-likeness (QED) is 0.476. The minimum atomic E-state index is -0.903. The molecule has 0 saturated carbocycles. The Kier molecular flexibility index (Phi) is 9.55. The van der Waals surface area contributed by atoms with Crippen molar-refractivity contribution in [1.29, 1.82) is 0 Å². The van der Waals surface area contributed by atoms with E-state index in [1.807, 2.05) is 59.7 Å². The second kappa shape index (κ2) is 11.7. The summed E-state index contributed by atoms with van der Waals surface area (Å²) in [6.45, 7) is 12.5. The molecule has 3 N–H and O–H groups in total.